The molecule has 166 valence electrons. The van der Waals surface area contributed by atoms with Gasteiger partial charge in [-0.25, -0.2) is 0 Å². The van der Waals surface area contributed by atoms with Crippen LogP contribution >= 0.6 is 0 Å². The van der Waals surface area contributed by atoms with E-state index in [1.54, 1.807) is 0 Å². The lowest BCUT2D eigenvalue weighted by atomic mass is 9.91. The van der Waals surface area contributed by atoms with Gasteiger partial charge in [-0.05, 0) is 59.7 Å². The summed E-state index contributed by atoms with van der Waals surface area (Å²) in [6.45, 7) is 11.4. The van der Waals surface area contributed by atoms with Crippen LogP contribution in [0.25, 0.3) is 11.4 Å². The number of nitrogens with two attached hydrogens (primary N) is 2. The van der Waals surface area contributed by atoms with Gasteiger partial charge in [0, 0.05) is 29.8 Å². The first kappa shape index (κ1) is 24.4. The third kappa shape index (κ3) is 5.65. The molecule has 2 aromatic carbocycles. The highest BCUT2D eigenvalue weighted by Crippen LogP contribution is 2.27. The minimum Gasteiger partial charge on any atom is -0.397 e. The SMILES string of the molecule is CC.CCc1cc(/C(N)=C(/NN)c2ccc(C3C=CC=NC3)cc2)cc(CC)c1CC. The standard InChI is InChI=1S/C25H32N4.C2H6/c1-4-17-14-22(15-18(5-2)23(17)6-3)24(26)25(29-27)20-11-9-19(10-12-20)21-8-7-13-28-16-21;1-2/h7-15,21,29H,4-6,16,26-27H2,1-3H3;1-2H3/b25-24-;. The molecule has 1 atom stereocenters. The predicted molar refractivity (Wildman–Crippen MR) is 136 cm³/mol. The Labute approximate surface area is 188 Å². The Bertz CT molecular complexity index is 911. The van der Waals surface area contributed by atoms with Crippen molar-refractivity contribution in [3.05, 3.63) is 81.9 Å². The van der Waals surface area contributed by atoms with Gasteiger partial charge in [-0.3, -0.25) is 10.8 Å². The molecule has 0 aliphatic carbocycles. The highest BCUT2D eigenvalue weighted by molar-refractivity contribution is 5.88. The molecule has 31 heavy (non-hydrogen) atoms. The van der Waals surface area contributed by atoms with Crippen molar-refractivity contribution in [1.29, 1.82) is 0 Å². The van der Waals surface area contributed by atoms with Crippen LogP contribution in [0, 0.1) is 0 Å². The second-order valence-corrected chi connectivity index (χ2v) is 7.39. The lowest BCUT2D eigenvalue weighted by molar-refractivity contribution is 0.845. The summed E-state index contributed by atoms with van der Waals surface area (Å²) in [5, 5.41) is 0. The molecule has 3 rings (SSSR count). The Morgan fingerprint density at radius 3 is 2.03 bits per heavy atom. The van der Waals surface area contributed by atoms with Gasteiger partial charge >= 0.3 is 0 Å². The summed E-state index contributed by atoms with van der Waals surface area (Å²) in [5.74, 6) is 6.23. The fraction of sp³-hybridized carbons (Fsp3) is 0.370. The lowest BCUT2D eigenvalue weighted by Crippen LogP contribution is -2.23. The zero-order valence-electron chi connectivity index (χ0n) is 19.7. The van der Waals surface area contributed by atoms with Crippen LogP contribution in [-0.4, -0.2) is 12.8 Å². The maximum Gasteiger partial charge on any atom is 0.0795 e. The average molecular weight is 419 g/mol. The molecule has 4 nitrogen and oxygen atoms in total. The van der Waals surface area contributed by atoms with E-state index in [9.17, 15) is 0 Å². The molecule has 4 heteroatoms. The first-order chi connectivity index (χ1) is 15.1. The third-order valence-corrected chi connectivity index (χ3v) is 5.74. The van der Waals surface area contributed by atoms with Crippen LogP contribution in [0.15, 0.2) is 53.5 Å². The largest absolute Gasteiger partial charge is 0.397 e. The van der Waals surface area contributed by atoms with Crippen molar-refractivity contribution in [2.45, 2.75) is 59.8 Å². The van der Waals surface area contributed by atoms with Gasteiger partial charge in [0.1, 0.15) is 0 Å². The van der Waals surface area contributed by atoms with E-state index < -0.39 is 0 Å². The van der Waals surface area contributed by atoms with E-state index in [0.29, 0.717) is 11.6 Å². The van der Waals surface area contributed by atoms with Crippen molar-refractivity contribution in [2.24, 2.45) is 16.6 Å². The molecule has 1 aliphatic heterocycles. The van der Waals surface area contributed by atoms with Crippen LogP contribution < -0.4 is 17.0 Å². The number of hydrogen-bond donors (Lipinski definition) is 3. The van der Waals surface area contributed by atoms with E-state index in [1.807, 2.05) is 26.1 Å². The number of nitrogens with one attached hydrogen (secondary N) is 1. The minimum absolute atomic E-state index is 0.325. The number of dihydropyridines is 1. The van der Waals surface area contributed by atoms with Gasteiger partial charge in [-0.15, -0.1) is 0 Å². The van der Waals surface area contributed by atoms with E-state index >= 15 is 0 Å². The number of rotatable bonds is 7. The summed E-state index contributed by atoms with van der Waals surface area (Å²) in [6.07, 6.45) is 9.07. The third-order valence-electron chi connectivity index (χ3n) is 5.74. The number of aryl methyl sites for hydroxylation is 2. The Morgan fingerprint density at radius 2 is 1.58 bits per heavy atom. The van der Waals surface area contributed by atoms with Gasteiger partial charge < -0.3 is 11.2 Å². The zero-order chi connectivity index (χ0) is 22.8. The Hall–Kier alpha value is -2.85. The molecule has 1 unspecified atom stereocenters. The topological polar surface area (TPSA) is 76.4 Å². The molecule has 1 aliphatic rings. The molecule has 0 amide bonds. The molecule has 1 heterocycles. The minimum atomic E-state index is 0.325. The first-order valence-corrected chi connectivity index (χ1v) is 11.5. The smallest absolute Gasteiger partial charge is 0.0795 e. The van der Waals surface area contributed by atoms with Gasteiger partial charge in [0.2, 0.25) is 0 Å². The van der Waals surface area contributed by atoms with Crippen LogP contribution in [0.5, 0.6) is 0 Å². The van der Waals surface area contributed by atoms with Gasteiger partial charge in [0.15, 0.2) is 0 Å². The molecule has 2 aromatic rings. The van der Waals surface area contributed by atoms with Crippen molar-refractivity contribution in [3.63, 3.8) is 0 Å². The van der Waals surface area contributed by atoms with Crippen molar-refractivity contribution in [2.75, 3.05) is 6.54 Å². The maximum atomic E-state index is 6.61. The van der Waals surface area contributed by atoms with Crippen molar-refractivity contribution in [1.82, 2.24) is 5.43 Å². The molecule has 5 N–H and O–H groups in total. The molecule has 0 saturated carbocycles. The van der Waals surface area contributed by atoms with Gasteiger partial charge in [0.05, 0.1) is 11.4 Å². The number of nitrogens with zero attached hydrogens (tertiary/aromatic N) is 1. The second-order valence-electron chi connectivity index (χ2n) is 7.39. The van der Waals surface area contributed by atoms with Crippen molar-refractivity contribution >= 4 is 17.6 Å². The molecule has 0 radical (unpaired) electrons. The summed E-state index contributed by atoms with van der Waals surface area (Å²) in [6, 6.07) is 12.8. The summed E-state index contributed by atoms with van der Waals surface area (Å²) in [5.41, 5.74) is 18.3. The van der Waals surface area contributed by atoms with E-state index in [4.69, 9.17) is 11.6 Å². The zero-order valence-corrected chi connectivity index (χ0v) is 19.7. The molecular formula is C27H38N4. The average Bonchev–Trinajstić information content (AvgIpc) is 2.85. The van der Waals surface area contributed by atoms with E-state index in [-0.39, 0.29) is 0 Å². The molecule has 0 saturated heterocycles. The fourth-order valence-corrected chi connectivity index (χ4v) is 4.09. The number of aliphatic imine (C=N–C) groups is 1. The van der Waals surface area contributed by atoms with Gasteiger partial charge in [-0.1, -0.05) is 65.0 Å². The van der Waals surface area contributed by atoms with Crippen LogP contribution in [0.3, 0.4) is 0 Å². The molecule has 0 aromatic heterocycles. The van der Waals surface area contributed by atoms with E-state index in [0.717, 1.165) is 42.6 Å². The summed E-state index contributed by atoms with van der Waals surface area (Å²) < 4.78 is 0. The lowest BCUT2D eigenvalue weighted by Gasteiger charge is -2.18. The maximum absolute atomic E-state index is 6.61. The van der Waals surface area contributed by atoms with Gasteiger partial charge in [-0.2, -0.15) is 0 Å². The highest BCUT2D eigenvalue weighted by Gasteiger charge is 2.14. The monoisotopic (exact) mass is 418 g/mol. The number of allylic oxidation sites excluding steroid dienone is 1. The molecule has 0 spiro atoms. The van der Waals surface area contributed by atoms with Crippen LogP contribution in [0.4, 0.5) is 0 Å². The number of hydrazine groups is 1. The quantitative estimate of drug-likeness (QED) is 0.321. The molecule has 0 bridgehead atoms. The predicted octanol–water partition coefficient (Wildman–Crippen LogP) is 5.37. The van der Waals surface area contributed by atoms with E-state index in [2.05, 4.69) is 73.7 Å². The summed E-state index contributed by atoms with van der Waals surface area (Å²) in [7, 11) is 0. The second kappa shape index (κ2) is 12.1. The first-order valence-electron chi connectivity index (χ1n) is 11.5. The summed E-state index contributed by atoms with van der Waals surface area (Å²) in [4.78, 5) is 4.35. The van der Waals surface area contributed by atoms with Crippen LogP contribution in [-0.2, 0) is 19.3 Å². The van der Waals surface area contributed by atoms with Gasteiger partial charge in [0.25, 0.3) is 0 Å². The summed E-state index contributed by atoms with van der Waals surface area (Å²) >= 11 is 0. The normalized spacial score (nSPS) is 15.7. The Balaban J connectivity index is 0.00000166. The van der Waals surface area contributed by atoms with Crippen molar-refractivity contribution < 1.29 is 0 Å². The number of benzene rings is 2. The Kier molecular flexibility index (Phi) is 9.54. The number of hydrogen-bond acceptors (Lipinski definition) is 4. The molecular weight excluding hydrogens is 380 g/mol. The van der Waals surface area contributed by atoms with E-state index in [1.165, 1.54) is 22.3 Å². The highest BCUT2D eigenvalue weighted by atomic mass is 15.2. The molecule has 0 fully saturated rings. The van der Waals surface area contributed by atoms with Crippen LogP contribution in [0.2, 0.25) is 0 Å². The van der Waals surface area contributed by atoms with Crippen molar-refractivity contribution in [3.8, 4) is 0 Å². The fourth-order valence-electron chi connectivity index (χ4n) is 4.09. The van der Waals surface area contributed by atoms with Crippen LogP contribution in [0.1, 0.15) is 73.9 Å². The Morgan fingerprint density at radius 1 is 0.968 bits per heavy atom.